The van der Waals surface area contributed by atoms with Crippen molar-refractivity contribution in [1.82, 2.24) is 9.88 Å². The molecule has 2 N–H and O–H groups in total. The van der Waals surface area contributed by atoms with Gasteiger partial charge in [-0.2, -0.15) is 0 Å². The van der Waals surface area contributed by atoms with Crippen molar-refractivity contribution in [3.8, 4) is 0 Å². The number of anilines is 2. The lowest BCUT2D eigenvalue weighted by molar-refractivity contribution is -0.121. The molecule has 1 fully saturated rings. The minimum absolute atomic E-state index is 0.0970. The number of amides is 3. The lowest BCUT2D eigenvalue weighted by atomic mass is 9.97. The Morgan fingerprint density at radius 1 is 1.29 bits per heavy atom. The Kier molecular flexibility index (Phi) is 5.32. The highest BCUT2D eigenvalue weighted by atomic mass is 35.5. The third-order valence-corrected chi connectivity index (χ3v) is 4.88. The van der Waals surface area contributed by atoms with Gasteiger partial charge in [0.1, 0.15) is 0 Å². The van der Waals surface area contributed by atoms with E-state index in [9.17, 15) is 9.59 Å². The molecule has 126 valence electrons. The van der Waals surface area contributed by atoms with Crippen LogP contribution in [0.25, 0.3) is 0 Å². The number of thiazole rings is 1. The van der Waals surface area contributed by atoms with Gasteiger partial charge in [-0.1, -0.05) is 23.7 Å². The molecule has 2 aromatic rings. The van der Waals surface area contributed by atoms with Gasteiger partial charge in [0.05, 0.1) is 16.6 Å². The summed E-state index contributed by atoms with van der Waals surface area (Å²) in [4.78, 5) is 30.4. The standard InChI is InChI=1S/C16H17ClN4O2S/c17-12-5-1-2-6-13(12)19-16(23)21-8-3-4-11(10-21)14(22)20-15-18-7-9-24-15/h1-2,5-7,9,11H,3-4,8,10H2,(H,19,23)(H,18,20,22)/t11-/m0/s1. The highest BCUT2D eigenvalue weighted by Crippen LogP contribution is 2.23. The average Bonchev–Trinajstić information content (AvgIpc) is 3.10. The number of para-hydroxylation sites is 1. The Bertz CT molecular complexity index is 723. The minimum atomic E-state index is -0.241. The Hall–Kier alpha value is -2.12. The summed E-state index contributed by atoms with van der Waals surface area (Å²) in [6.07, 6.45) is 3.18. The molecule has 3 amide bonds. The number of benzene rings is 1. The fourth-order valence-electron chi connectivity index (χ4n) is 2.63. The van der Waals surface area contributed by atoms with E-state index in [1.807, 2.05) is 6.07 Å². The van der Waals surface area contributed by atoms with Gasteiger partial charge in [-0.3, -0.25) is 4.79 Å². The number of likely N-dealkylation sites (tertiary alicyclic amines) is 1. The van der Waals surface area contributed by atoms with Crippen LogP contribution in [0.4, 0.5) is 15.6 Å². The van der Waals surface area contributed by atoms with Crippen LogP contribution in [-0.4, -0.2) is 34.9 Å². The van der Waals surface area contributed by atoms with Crippen molar-refractivity contribution in [3.05, 3.63) is 40.9 Å². The van der Waals surface area contributed by atoms with E-state index < -0.39 is 0 Å². The van der Waals surface area contributed by atoms with E-state index >= 15 is 0 Å². The zero-order chi connectivity index (χ0) is 16.9. The molecule has 1 aromatic heterocycles. The highest BCUT2D eigenvalue weighted by Gasteiger charge is 2.29. The zero-order valence-corrected chi connectivity index (χ0v) is 14.4. The molecule has 3 rings (SSSR count). The third kappa shape index (κ3) is 4.04. The van der Waals surface area contributed by atoms with E-state index in [0.29, 0.717) is 28.9 Å². The second kappa shape index (κ2) is 7.63. The van der Waals surface area contributed by atoms with Crippen LogP contribution in [-0.2, 0) is 4.79 Å². The number of hydrogen-bond donors (Lipinski definition) is 2. The van der Waals surface area contributed by atoms with Gasteiger partial charge in [0.2, 0.25) is 5.91 Å². The monoisotopic (exact) mass is 364 g/mol. The molecule has 1 aliphatic heterocycles. The van der Waals surface area contributed by atoms with E-state index in [-0.39, 0.29) is 17.9 Å². The molecule has 1 saturated heterocycles. The molecule has 8 heteroatoms. The number of nitrogens with zero attached hydrogens (tertiary/aromatic N) is 2. The maximum atomic E-state index is 12.4. The fraction of sp³-hybridized carbons (Fsp3) is 0.312. The minimum Gasteiger partial charge on any atom is -0.324 e. The molecule has 6 nitrogen and oxygen atoms in total. The van der Waals surface area contributed by atoms with Crippen molar-refractivity contribution in [2.75, 3.05) is 23.7 Å². The smallest absolute Gasteiger partial charge is 0.321 e. The van der Waals surface area contributed by atoms with Crippen LogP contribution in [0.5, 0.6) is 0 Å². The average molecular weight is 365 g/mol. The van der Waals surface area contributed by atoms with Gasteiger partial charge in [0, 0.05) is 24.7 Å². The Labute approximate surface area is 148 Å². The van der Waals surface area contributed by atoms with Crippen molar-refractivity contribution < 1.29 is 9.59 Å². The molecule has 0 aliphatic carbocycles. The predicted molar refractivity (Wildman–Crippen MR) is 95.5 cm³/mol. The van der Waals surface area contributed by atoms with Crippen molar-refractivity contribution >= 4 is 45.7 Å². The quantitative estimate of drug-likeness (QED) is 0.872. The molecular weight excluding hydrogens is 348 g/mol. The largest absolute Gasteiger partial charge is 0.324 e. The first-order valence-electron chi connectivity index (χ1n) is 7.64. The Balaban J connectivity index is 1.59. The second-order valence-corrected chi connectivity index (χ2v) is 6.82. The third-order valence-electron chi connectivity index (χ3n) is 3.86. The summed E-state index contributed by atoms with van der Waals surface area (Å²) in [7, 11) is 0. The number of rotatable bonds is 3. The molecule has 1 aliphatic rings. The number of halogens is 1. The predicted octanol–water partition coefficient (Wildman–Crippen LogP) is 3.68. The lowest BCUT2D eigenvalue weighted by Crippen LogP contribution is -2.45. The number of aromatic nitrogens is 1. The Morgan fingerprint density at radius 2 is 2.12 bits per heavy atom. The van der Waals surface area contributed by atoms with Gasteiger partial charge in [0.15, 0.2) is 5.13 Å². The van der Waals surface area contributed by atoms with Crippen LogP contribution >= 0.6 is 22.9 Å². The summed E-state index contributed by atoms with van der Waals surface area (Å²) in [5, 5.41) is 8.47. The molecule has 2 heterocycles. The van der Waals surface area contributed by atoms with Gasteiger partial charge >= 0.3 is 6.03 Å². The highest BCUT2D eigenvalue weighted by molar-refractivity contribution is 7.13. The lowest BCUT2D eigenvalue weighted by Gasteiger charge is -2.32. The van der Waals surface area contributed by atoms with Crippen molar-refractivity contribution in [2.24, 2.45) is 5.92 Å². The van der Waals surface area contributed by atoms with E-state index in [2.05, 4.69) is 15.6 Å². The normalized spacial score (nSPS) is 17.4. The molecule has 0 radical (unpaired) electrons. The van der Waals surface area contributed by atoms with E-state index in [4.69, 9.17) is 11.6 Å². The van der Waals surface area contributed by atoms with Crippen LogP contribution in [0.1, 0.15) is 12.8 Å². The summed E-state index contributed by atoms with van der Waals surface area (Å²) in [6.45, 7) is 1.00. The number of urea groups is 1. The molecule has 24 heavy (non-hydrogen) atoms. The van der Waals surface area contributed by atoms with Gasteiger partial charge < -0.3 is 15.5 Å². The molecule has 0 saturated carbocycles. The maximum absolute atomic E-state index is 12.4. The first-order chi connectivity index (χ1) is 11.6. The summed E-state index contributed by atoms with van der Waals surface area (Å²) in [5.41, 5.74) is 0.568. The van der Waals surface area contributed by atoms with Crippen LogP contribution in [0.2, 0.25) is 5.02 Å². The molecular formula is C16H17ClN4O2S. The molecule has 1 aromatic carbocycles. The number of piperidine rings is 1. The van der Waals surface area contributed by atoms with Gasteiger partial charge in [-0.25, -0.2) is 9.78 Å². The van der Waals surface area contributed by atoms with Crippen molar-refractivity contribution in [3.63, 3.8) is 0 Å². The van der Waals surface area contributed by atoms with Gasteiger partial charge in [0.25, 0.3) is 0 Å². The molecule has 0 spiro atoms. The van der Waals surface area contributed by atoms with Crippen LogP contribution in [0.3, 0.4) is 0 Å². The second-order valence-electron chi connectivity index (χ2n) is 5.52. The molecule has 0 bridgehead atoms. The van der Waals surface area contributed by atoms with Crippen LogP contribution in [0, 0.1) is 5.92 Å². The van der Waals surface area contributed by atoms with Crippen LogP contribution < -0.4 is 10.6 Å². The number of carbonyl (C=O) groups excluding carboxylic acids is 2. The summed E-state index contributed by atoms with van der Waals surface area (Å²) in [6, 6.07) is 6.84. The van der Waals surface area contributed by atoms with Gasteiger partial charge in [-0.05, 0) is 25.0 Å². The van der Waals surface area contributed by atoms with E-state index in [1.165, 1.54) is 11.3 Å². The van der Waals surface area contributed by atoms with E-state index in [0.717, 1.165) is 12.8 Å². The number of nitrogens with one attached hydrogen (secondary N) is 2. The van der Waals surface area contributed by atoms with Crippen molar-refractivity contribution in [1.29, 1.82) is 0 Å². The SMILES string of the molecule is O=C(Nc1nccs1)[C@H]1CCCN(C(=O)Nc2ccccc2Cl)C1. The Morgan fingerprint density at radius 3 is 2.88 bits per heavy atom. The number of carbonyl (C=O) groups is 2. The van der Waals surface area contributed by atoms with E-state index in [1.54, 1.807) is 34.7 Å². The summed E-state index contributed by atoms with van der Waals surface area (Å²) < 4.78 is 0. The number of hydrogen-bond acceptors (Lipinski definition) is 4. The zero-order valence-electron chi connectivity index (χ0n) is 12.9. The topological polar surface area (TPSA) is 74.3 Å². The van der Waals surface area contributed by atoms with Crippen molar-refractivity contribution in [2.45, 2.75) is 12.8 Å². The summed E-state index contributed by atoms with van der Waals surface area (Å²) in [5.74, 6) is -0.333. The van der Waals surface area contributed by atoms with Gasteiger partial charge in [-0.15, -0.1) is 11.3 Å². The summed E-state index contributed by atoms with van der Waals surface area (Å²) >= 11 is 7.44. The fourth-order valence-corrected chi connectivity index (χ4v) is 3.34. The van der Waals surface area contributed by atoms with Crippen LogP contribution in [0.15, 0.2) is 35.8 Å². The maximum Gasteiger partial charge on any atom is 0.321 e. The molecule has 0 unspecified atom stereocenters. The first kappa shape index (κ1) is 16.7. The first-order valence-corrected chi connectivity index (χ1v) is 8.90. The molecule has 1 atom stereocenters.